The molecule has 0 aliphatic heterocycles. The van der Waals surface area contributed by atoms with Crippen LogP contribution in [0.5, 0.6) is 5.75 Å². The number of hydrogen-bond acceptors (Lipinski definition) is 1. The quantitative estimate of drug-likeness (QED) is 0.175. The van der Waals surface area contributed by atoms with Crippen LogP contribution in [0.3, 0.4) is 0 Å². The Labute approximate surface area is 195 Å². The molecule has 0 aliphatic rings. The number of allylic oxidation sites excluding steroid dienone is 1. The van der Waals surface area contributed by atoms with Gasteiger partial charge in [0.2, 0.25) is 0 Å². The first-order chi connectivity index (χ1) is 15.6. The van der Waals surface area contributed by atoms with Crippen LogP contribution in [-0.4, -0.2) is 6.61 Å². The van der Waals surface area contributed by atoms with Crippen molar-refractivity contribution in [3.05, 3.63) is 112 Å². The third kappa shape index (κ3) is 7.91. The number of unbranched alkanes of at least 4 members (excludes halogenated alkanes) is 3. The van der Waals surface area contributed by atoms with Crippen molar-refractivity contribution < 1.29 is 9.13 Å². The van der Waals surface area contributed by atoms with Gasteiger partial charge in [0.15, 0.2) is 0 Å². The Morgan fingerprint density at radius 2 is 1.53 bits per heavy atom. The highest BCUT2D eigenvalue weighted by atomic mass is 35.5. The van der Waals surface area contributed by atoms with Crippen molar-refractivity contribution in [3.63, 3.8) is 0 Å². The van der Waals surface area contributed by atoms with Crippen molar-refractivity contribution in [2.24, 2.45) is 0 Å². The standard InChI is InChI=1S/C29H28ClFO/c1-2-3-4-5-6-21-32-28-19-14-25(15-20-28)12-9-23-7-10-24(11-8-23)13-16-26-17-18-27(30)22-29(26)31/h2,7-8,10-11,14-15,17-20,22H,1,3-6,9,12,21H2. The topological polar surface area (TPSA) is 9.23 Å². The van der Waals surface area contributed by atoms with Crippen LogP contribution in [-0.2, 0) is 12.8 Å². The molecular weight excluding hydrogens is 419 g/mol. The molecule has 0 fully saturated rings. The highest BCUT2D eigenvalue weighted by molar-refractivity contribution is 6.30. The first-order valence-corrected chi connectivity index (χ1v) is 11.4. The highest BCUT2D eigenvalue weighted by Gasteiger charge is 2.01. The van der Waals surface area contributed by atoms with Crippen LogP contribution in [0.15, 0.2) is 79.4 Å². The van der Waals surface area contributed by atoms with Gasteiger partial charge in [0.05, 0.1) is 12.2 Å². The molecule has 0 saturated carbocycles. The molecule has 0 spiro atoms. The molecule has 0 saturated heterocycles. The summed E-state index contributed by atoms with van der Waals surface area (Å²) < 4.78 is 19.6. The predicted octanol–water partition coefficient (Wildman–Crippen LogP) is 7.79. The van der Waals surface area contributed by atoms with Gasteiger partial charge in [-0.3, -0.25) is 0 Å². The summed E-state index contributed by atoms with van der Waals surface area (Å²) in [5, 5.41) is 0.370. The maximum absolute atomic E-state index is 13.8. The number of aryl methyl sites for hydroxylation is 2. The zero-order valence-electron chi connectivity index (χ0n) is 18.2. The molecule has 0 bridgehead atoms. The van der Waals surface area contributed by atoms with Gasteiger partial charge in [-0.25, -0.2) is 4.39 Å². The van der Waals surface area contributed by atoms with Crippen LogP contribution in [0.4, 0.5) is 4.39 Å². The fourth-order valence-electron chi connectivity index (χ4n) is 3.28. The van der Waals surface area contributed by atoms with Crippen LogP contribution in [0.2, 0.25) is 5.02 Å². The minimum atomic E-state index is -0.401. The second-order valence-electron chi connectivity index (χ2n) is 7.70. The van der Waals surface area contributed by atoms with E-state index in [4.69, 9.17) is 16.3 Å². The van der Waals surface area contributed by atoms with Crippen molar-refractivity contribution in [1.82, 2.24) is 0 Å². The molecule has 3 aromatic rings. The van der Waals surface area contributed by atoms with Crippen molar-refractivity contribution in [1.29, 1.82) is 0 Å². The molecule has 3 aromatic carbocycles. The number of benzene rings is 3. The zero-order chi connectivity index (χ0) is 22.6. The molecule has 0 aromatic heterocycles. The second-order valence-corrected chi connectivity index (χ2v) is 8.14. The summed E-state index contributed by atoms with van der Waals surface area (Å²) in [4.78, 5) is 0. The van der Waals surface area contributed by atoms with Gasteiger partial charge in [0.25, 0.3) is 0 Å². The van der Waals surface area contributed by atoms with Gasteiger partial charge in [-0.05, 0) is 92.1 Å². The molecule has 0 atom stereocenters. The van der Waals surface area contributed by atoms with Crippen LogP contribution in [0, 0.1) is 17.7 Å². The highest BCUT2D eigenvalue weighted by Crippen LogP contribution is 2.16. The SMILES string of the molecule is C=CCCCCCOc1ccc(CCc2ccc(C#Cc3ccc(Cl)cc3F)cc2)cc1. The van der Waals surface area contributed by atoms with E-state index in [0.717, 1.165) is 43.6 Å². The lowest BCUT2D eigenvalue weighted by molar-refractivity contribution is 0.305. The van der Waals surface area contributed by atoms with Crippen molar-refractivity contribution in [3.8, 4) is 17.6 Å². The Morgan fingerprint density at radius 1 is 0.844 bits per heavy atom. The lowest BCUT2D eigenvalue weighted by atomic mass is 10.0. The number of ether oxygens (including phenoxy) is 1. The summed E-state index contributed by atoms with van der Waals surface area (Å²) in [5.74, 6) is 6.40. The van der Waals surface area contributed by atoms with Crippen LogP contribution in [0.1, 0.15) is 47.9 Å². The fraction of sp³-hybridized carbons (Fsp3) is 0.241. The molecule has 0 amide bonds. The van der Waals surface area contributed by atoms with E-state index < -0.39 is 5.82 Å². The Kier molecular flexibility index (Phi) is 9.41. The Hall–Kier alpha value is -3.02. The average molecular weight is 447 g/mol. The van der Waals surface area contributed by atoms with Crippen LogP contribution in [0.25, 0.3) is 0 Å². The van der Waals surface area contributed by atoms with Gasteiger partial charge >= 0.3 is 0 Å². The number of rotatable bonds is 10. The van der Waals surface area contributed by atoms with E-state index in [9.17, 15) is 4.39 Å². The summed E-state index contributed by atoms with van der Waals surface area (Å²) in [7, 11) is 0. The summed E-state index contributed by atoms with van der Waals surface area (Å²) in [6, 6.07) is 21.0. The molecule has 0 heterocycles. The van der Waals surface area contributed by atoms with Crippen molar-refractivity contribution >= 4 is 11.6 Å². The summed E-state index contributed by atoms with van der Waals surface area (Å²) >= 11 is 5.78. The molecule has 0 radical (unpaired) electrons. The second kappa shape index (κ2) is 12.7. The average Bonchev–Trinajstić information content (AvgIpc) is 2.81. The van der Waals surface area contributed by atoms with Crippen LogP contribution >= 0.6 is 11.6 Å². The van der Waals surface area contributed by atoms with E-state index in [2.05, 4.69) is 42.7 Å². The molecule has 1 nitrogen and oxygen atoms in total. The summed E-state index contributed by atoms with van der Waals surface area (Å²) in [5.41, 5.74) is 3.73. The van der Waals surface area contributed by atoms with E-state index in [1.165, 1.54) is 30.0 Å². The third-order valence-electron chi connectivity index (χ3n) is 5.17. The zero-order valence-corrected chi connectivity index (χ0v) is 19.0. The maximum atomic E-state index is 13.8. The van der Waals surface area contributed by atoms with E-state index in [0.29, 0.717) is 10.6 Å². The Bertz CT molecular complexity index is 1060. The number of halogens is 2. The van der Waals surface area contributed by atoms with E-state index in [-0.39, 0.29) is 0 Å². The molecule has 3 rings (SSSR count). The smallest absolute Gasteiger partial charge is 0.140 e. The van der Waals surface area contributed by atoms with E-state index in [1.54, 1.807) is 12.1 Å². The molecule has 0 unspecified atom stereocenters. The minimum absolute atomic E-state index is 0.346. The van der Waals surface area contributed by atoms with E-state index in [1.807, 2.05) is 30.3 Å². The Morgan fingerprint density at radius 3 is 2.19 bits per heavy atom. The first kappa shape index (κ1) is 23.6. The van der Waals surface area contributed by atoms with Gasteiger partial charge in [-0.2, -0.15) is 0 Å². The summed E-state index contributed by atoms with van der Waals surface area (Å²) in [6.07, 6.45) is 8.38. The van der Waals surface area contributed by atoms with Crippen LogP contribution < -0.4 is 4.74 Å². The first-order valence-electron chi connectivity index (χ1n) is 11.0. The lowest BCUT2D eigenvalue weighted by Gasteiger charge is -2.07. The molecule has 32 heavy (non-hydrogen) atoms. The third-order valence-corrected chi connectivity index (χ3v) is 5.41. The molecule has 0 aliphatic carbocycles. The van der Waals surface area contributed by atoms with Crippen molar-refractivity contribution in [2.75, 3.05) is 6.61 Å². The van der Waals surface area contributed by atoms with E-state index >= 15 is 0 Å². The lowest BCUT2D eigenvalue weighted by Crippen LogP contribution is -1.97. The van der Waals surface area contributed by atoms with Gasteiger partial charge in [-0.15, -0.1) is 6.58 Å². The monoisotopic (exact) mass is 446 g/mol. The largest absolute Gasteiger partial charge is 0.494 e. The molecule has 0 N–H and O–H groups in total. The number of hydrogen-bond donors (Lipinski definition) is 0. The van der Waals surface area contributed by atoms with Gasteiger partial charge in [0.1, 0.15) is 11.6 Å². The molecule has 164 valence electrons. The predicted molar refractivity (Wildman–Crippen MR) is 132 cm³/mol. The van der Waals surface area contributed by atoms with Gasteiger partial charge in [-0.1, -0.05) is 53.8 Å². The Balaban J connectivity index is 1.45. The normalized spacial score (nSPS) is 10.3. The molecule has 3 heteroatoms. The minimum Gasteiger partial charge on any atom is -0.494 e. The van der Waals surface area contributed by atoms with Gasteiger partial charge < -0.3 is 4.74 Å². The van der Waals surface area contributed by atoms with Gasteiger partial charge in [0, 0.05) is 10.6 Å². The fourth-order valence-corrected chi connectivity index (χ4v) is 3.44. The summed E-state index contributed by atoms with van der Waals surface area (Å²) in [6.45, 7) is 4.50. The van der Waals surface area contributed by atoms with Crippen molar-refractivity contribution in [2.45, 2.75) is 38.5 Å². The molecular formula is C29H28ClFO. The maximum Gasteiger partial charge on any atom is 0.140 e.